The van der Waals surface area contributed by atoms with Gasteiger partial charge in [0.2, 0.25) is 6.79 Å². The van der Waals surface area contributed by atoms with Crippen molar-refractivity contribution >= 4 is 23.1 Å². The number of nitrogens with one attached hydrogen (secondary N) is 1. The van der Waals surface area contributed by atoms with E-state index in [2.05, 4.69) is 11.4 Å². The summed E-state index contributed by atoms with van der Waals surface area (Å²) in [5.41, 5.74) is 3.55. The Balaban J connectivity index is 1.61. The highest BCUT2D eigenvalue weighted by atomic mass is 32.1. The monoisotopic (exact) mass is 451 g/mol. The van der Waals surface area contributed by atoms with Crippen molar-refractivity contribution in [2.75, 3.05) is 6.79 Å². The van der Waals surface area contributed by atoms with E-state index in [1.54, 1.807) is 11.3 Å². The molecule has 5 rings (SSSR count). The summed E-state index contributed by atoms with van der Waals surface area (Å²) in [7, 11) is 0. The lowest BCUT2D eigenvalue weighted by molar-refractivity contribution is -0.143. The van der Waals surface area contributed by atoms with Crippen molar-refractivity contribution in [1.82, 2.24) is 5.32 Å². The standard InChI is InChI=1S/C25H25NO5S/c1-13(2)31-25(28)22-14(3)26-17-9-16(21-5-4-8-32-21)10-18(27)24(17)23(22)15-6-7-19-20(11-15)30-12-29-19/h4-8,11,13,16,23,26H,9-10,12H2,1-3H3. The Labute approximate surface area is 190 Å². The largest absolute Gasteiger partial charge is 0.460 e. The quantitative estimate of drug-likeness (QED) is 0.674. The highest BCUT2D eigenvalue weighted by Gasteiger charge is 2.42. The lowest BCUT2D eigenvalue weighted by atomic mass is 9.72. The molecule has 1 aromatic carbocycles. The molecule has 7 heteroatoms. The number of hydrogen-bond donors (Lipinski definition) is 1. The number of ketones is 1. The number of fused-ring (bicyclic) bond motifs is 1. The fraction of sp³-hybridized carbons (Fsp3) is 0.360. The van der Waals surface area contributed by atoms with E-state index in [0.717, 1.165) is 23.4 Å². The zero-order chi connectivity index (χ0) is 22.4. The molecule has 6 nitrogen and oxygen atoms in total. The van der Waals surface area contributed by atoms with Crippen LogP contribution in [0.1, 0.15) is 55.9 Å². The van der Waals surface area contributed by atoms with E-state index in [0.29, 0.717) is 29.1 Å². The molecule has 3 heterocycles. The molecule has 1 aliphatic carbocycles. The van der Waals surface area contributed by atoms with E-state index in [9.17, 15) is 9.59 Å². The van der Waals surface area contributed by atoms with Crippen LogP contribution in [0.5, 0.6) is 11.5 Å². The first-order chi connectivity index (χ1) is 15.4. The number of benzene rings is 1. The summed E-state index contributed by atoms with van der Waals surface area (Å²) in [6, 6.07) is 9.71. The molecule has 0 fully saturated rings. The van der Waals surface area contributed by atoms with Crippen LogP contribution in [0.2, 0.25) is 0 Å². The molecule has 2 aromatic rings. The maximum absolute atomic E-state index is 13.5. The van der Waals surface area contributed by atoms with Crippen molar-refractivity contribution in [3.8, 4) is 11.5 Å². The third kappa shape index (κ3) is 3.60. The fourth-order valence-corrected chi connectivity index (χ4v) is 5.57. The zero-order valence-corrected chi connectivity index (χ0v) is 19.1. The van der Waals surface area contributed by atoms with Gasteiger partial charge in [0, 0.05) is 40.1 Å². The second-order valence-corrected chi connectivity index (χ2v) is 9.58. The van der Waals surface area contributed by atoms with Crippen molar-refractivity contribution in [3.63, 3.8) is 0 Å². The van der Waals surface area contributed by atoms with Crippen LogP contribution in [0.3, 0.4) is 0 Å². The van der Waals surface area contributed by atoms with E-state index in [1.807, 2.05) is 50.4 Å². The van der Waals surface area contributed by atoms with Crippen molar-refractivity contribution in [3.05, 3.63) is 68.7 Å². The molecule has 0 saturated carbocycles. The molecule has 3 aliphatic rings. The first kappa shape index (κ1) is 20.8. The lowest BCUT2D eigenvalue weighted by Gasteiger charge is -2.36. The van der Waals surface area contributed by atoms with Crippen LogP contribution in [0.25, 0.3) is 0 Å². The van der Waals surface area contributed by atoms with Gasteiger partial charge in [-0.25, -0.2) is 4.79 Å². The first-order valence-electron chi connectivity index (χ1n) is 10.8. The van der Waals surface area contributed by atoms with Gasteiger partial charge in [-0.15, -0.1) is 11.3 Å². The predicted molar refractivity (Wildman–Crippen MR) is 121 cm³/mol. The normalized spacial score (nSPS) is 22.2. The molecule has 2 aliphatic heterocycles. The van der Waals surface area contributed by atoms with Gasteiger partial charge >= 0.3 is 5.97 Å². The number of dihydropyridines is 1. The van der Waals surface area contributed by atoms with E-state index in [-0.39, 0.29) is 24.6 Å². The molecule has 2 atom stereocenters. The average Bonchev–Trinajstić information content (AvgIpc) is 3.43. The number of esters is 1. The maximum atomic E-state index is 13.5. The molecule has 1 N–H and O–H groups in total. The highest BCUT2D eigenvalue weighted by molar-refractivity contribution is 7.10. The molecular weight excluding hydrogens is 426 g/mol. The van der Waals surface area contributed by atoms with Crippen LogP contribution in [0.15, 0.2) is 58.3 Å². The van der Waals surface area contributed by atoms with Gasteiger partial charge in [0.15, 0.2) is 17.3 Å². The summed E-state index contributed by atoms with van der Waals surface area (Å²) in [5.74, 6) is 0.565. The highest BCUT2D eigenvalue weighted by Crippen LogP contribution is 2.47. The molecule has 0 radical (unpaired) electrons. The van der Waals surface area contributed by atoms with Gasteiger partial charge in [-0.1, -0.05) is 12.1 Å². The van der Waals surface area contributed by atoms with Gasteiger partial charge in [0.25, 0.3) is 0 Å². The topological polar surface area (TPSA) is 73.9 Å². The smallest absolute Gasteiger partial charge is 0.337 e. The van der Waals surface area contributed by atoms with Gasteiger partial charge in [0.05, 0.1) is 11.7 Å². The zero-order valence-electron chi connectivity index (χ0n) is 18.3. The Hall–Kier alpha value is -3.06. The van der Waals surface area contributed by atoms with Crippen molar-refractivity contribution in [2.24, 2.45) is 0 Å². The summed E-state index contributed by atoms with van der Waals surface area (Å²) < 4.78 is 16.6. The molecule has 32 heavy (non-hydrogen) atoms. The lowest BCUT2D eigenvalue weighted by Crippen LogP contribution is -2.36. The number of rotatable bonds is 4. The van der Waals surface area contributed by atoms with Crippen LogP contribution >= 0.6 is 11.3 Å². The second-order valence-electron chi connectivity index (χ2n) is 8.60. The molecular formula is C25H25NO5S. The Morgan fingerprint density at radius 2 is 2.00 bits per heavy atom. The SMILES string of the molecule is CC1=C(C(=O)OC(C)C)C(c2ccc3c(c2)OCO3)C2=C(CC(c3cccs3)CC2=O)N1. The summed E-state index contributed by atoms with van der Waals surface area (Å²) in [4.78, 5) is 27.9. The minimum Gasteiger partial charge on any atom is -0.460 e. The summed E-state index contributed by atoms with van der Waals surface area (Å²) in [5, 5.41) is 5.42. The number of thiophene rings is 1. The number of carbonyl (C=O) groups excluding carboxylic acids is 2. The Bertz CT molecular complexity index is 1150. The van der Waals surface area contributed by atoms with Gasteiger partial charge in [-0.3, -0.25) is 4.79 Å². The minimum absolute atomic E-state index is 0.0576. The van der Waals surface area contributed by atoms with Crippen LogP contribution < -0.4 is 14.8 Å². The summed E-state index contributed by atoms with van der Waals surface area (Å²) >= 11 is 1.68. The summed E-state index contributed by atoms with van der Waals surface area (Å²) in [6.45, 7) is 5.68. The van der Waals surface area contributed by atoms with Gasteiger partial charge in [-0.2, -0.15) is 0 Å². The van der Waals surface area contributed by atoms with Gasteiger partial charge in [0.1, 0.15) is 0 Å². The molecule has 2 unspecified atom stereocenters. The minimum atomic E-state index is -0.510. The first-order valence-corrected chi connectivity index (χ1v) is 11.7. The van der Waals surface area contributed by atoms with Crippen molar-refractivity contribution < 1.29 is 23.8 Å². The Morgan fingerprint density at radius 1 is 1.19 bits per heavy atom. The van der Waals surface area contributed by atoms with E-state index in [1.165, 1.54) is 4.88 Å². The second kappa shape index (κ2) is 8.13. The van der Waals surface area contributed by atoms with Gasteiger partial charge < -0.3 is 19.5 Å². The molecule has 0 bridgehead atoms. The average molecular weight is 452 g/mol. The summed E-state index contributed by atoms with van der Waals surface area (Å²) in [6.07, 6.45) is 0.890. The molecule has 1 aromatic heterocycles. The van der Waals surface area contributed by atoms with Gasteiger partial charge in [-0.05, 0) is 56.3 Å². The molecule has 0 spiro atoms. The Kier molecular flexibility index (Phi) is 5.29. The van der Waals surface area contributed by atoms with Crippen LogP contribution in [0, 0.1) is 0 Å². The van der Waals surface area contributed by atoms with E-state index in [4.69, 9.17) is 14.2 Å². The van der Waals surface area contributed by atoms with Crippen LogP contribution in [0.4, 0.5) is 0 Å². The van der Waals surface area contributed by atoms with E-state index < -0.39 is 11.9 Å². The van der Waals surface area contributed by atoms with Crippen LogP contribution in [-0.2, 0) is 14.3 Å². The number of hydrogen-bond acceptors (Lipinski definition) is 7. The fourth-order valence-electron chi connectivity index (χ4n) is 4.74. The van der Waals surface area contributed by atoms with E-state index >= 15 is 0 Å². The maximum Gasteiger partial charge on any atom is 0.337 e. The number of Topliss-reactive ketones (excluding diaryl/α,β-unsaturated/α-hetero) is 1. The Morgan fingerprint density at radius 3 is 2.75 bits per heavy atom. The number of allylic oxidation sites excluding steroid dienone is 3. The number of ether oxygens (including phenoxy) is 3. The van der Waals surface area contributed by atoms with Crippen LogP contribution in [-0.4, -0.2) is 24.6 Å². The molecule has 166 valence electrons. The van der Waals surface area contributed by atoms with Crippen molar-refractivity contribution in [1.29, 1.82) is 0 Å². The number of carbonyl (C=O) groups is 2. The molecule has 0 amide bonds. The molecule has 0 saturated heterocycles. The third-order valence-corrected chi connectivity index (χ3v) is 7.10. The van der Waals surface area contributed by atoms with Crippen molar-refractivity contribution in [2.45, 2.75) is 51.6 Å². The third-order valence-electron chi connectivity index (χ3n) is 6.07. The predicted octanol–water partition coefficient (Wildman–Crippen LogP) is 4.79.